The topological polar surface area (TPSA) is 31.1 Å². The molecule has 5 heteroatoms. The predicted molar refractivity (Wildman–Crippen MR) is 144 cm³/mol. The van der Waals surface area contributed by atoms with Crippen molar-refractivity contribution in [2.24, 2.45) is 0 Å². The van der Waals surface area contributed by atoms with E-state index in [2.05, 4.69) is 64.6 Å². The summed E-state index contributed by atoms with van der Waals surface area (Å²) < 4.78 is 0. The lowest BCUT2D eigenvalue weighted by Gasteiger charge is -2.33. The van der Waals surface area contributed by atoms with Gasteiger partial charge in [-0.25, -0.2) is 0 Å². The Kier molecular flexibility index (Phi) is 8.46. The molecule has 2 aromatic carbocycles. The zero-order chi connectivity index (χ0) is 23.0. The normalized spacial score (nSPS) is 14.6. The van der Waals surface area contributed by atoms with Gasteiger partial charge in [-0.1, -0.05) is 74.5 Å². The van der Waals surface area contributed by atoms with Crippen molar-refractivity contribution < 1.29 is 0 Å². The van der Waals surface area contributed by atoms with Gasteiger partial charge >= 0.3 is 0 Å². The molecule has 1 saturated carbocycles. The highest BCUT2D eigenvalue weighted by molar-refractivity contribution is 7.80. The number of anilines is 1. The number of hydrogen-bond donors (Lipinski definition) is 2. The van der Waals surface area contributed by atoms with Gasteiger partial charge in [0.1, 0.15) is 0 Å². The quantitative estimate of drug-likeness (QED) is 0.268. The van der Waals surface area contributed by atoms with E-state index in [1.807, 2.05) is 18.2 Å². The largest absolute Gasteiger partial charge is 0.361 e. The number of nitrogens with zero attached hydrogens (tertiary/aromatic N) is 1. The Morgan fingerprint density at radius 3 is 2.52 bits per heavy atom. The van der Waals surface area contributed by atoms with Crippen LogP contribution in [-0.4, -0.2) is 21.0 Å². The first-order valence-electron chi connectivity index (χ1n) is 12.2. The second-order valence-corrected chi connectivity index (χ2v) is 9.83. The molecule has 3 aromatic rings. The van der Waals surface area contributed by atoms with E-state index in [0.717, 1.165) is 40.8 Å². The van der Waals surface area contributed by atoms with Gasteiger partial charge in [-0.3, -0.25) is 0 Å². The van der Waals surface area contributed by atoms with Gasteiger partial charge in [-0.05, 0) is 72.9 Å². The molecule has 0 saturated heterocycles. The molecule has 0 unspecified atom stereocenters. The van der Waals surface area contributed by atoms with Crippen molar-refractivity contribution in [3.05, 3.63) is 88.2 Å². The molecule has 1 aliphatic rings. The van der Waals surface area contributed by atoms with Gasteiger partial charge in [0.2, 0.25) is 0 Å². The summed E-state index contributed by atoms with van der Waals surface area (Å²) in [5.74, 6) is 0. The molecule has 1 aromatic heterocycles. The van der Waals surface area contributed by atoms with Gasteiger partial charge < -0.3 is 15.2 Å². The van der Waals surface area contributed by atoms with Crippen LogP contribution in [0.5, 0.6) is 0 Å². The number of thiocarbonyl (C=S) groups is 1. The highest BCUT2D eigenvalue weighted by Gasteiger charge is 2.23. The van der Waals surface area contributed by atoms with Crippen molar-refractivity contribution in [1.29, 1.82) is 0 Å². The molecule has 0 atom stereocenters. The minimum Gasteiger partial charge on any atom is -0.361 e. The maximum Gasteiger partial charge on any atom is 0.174 e. The van der Waals surface area contributed by atoms with Crippen molar-refractivity contribution in [1.82, 2.24) is 9.88 Å². The number of aromatic nitrogens is 1. The van der Waals surface area contributed by atoms with E-state index >= 15 is 0 Å². The van der Waals surface area contributed by atoms with E-state index in [4.69, 9.17) is 23.8 Å². The van der Waals surface area contributed by atoms with Crippen LogP contribution in [0.1, 0.15) is 68.0 Å². The average Bonchev–Trinajstić information content (AvgIpc) is 3.09. The van der Waals surface area contributed by atoms with E-state index in [-0.39, 0.29) is 0 Å². The molecule has 0 spiro atoms. The molecule has 3 nitrogen and oxygen atoms in total. The van der Waals surface area contributed by atoms with Crippen LogP contribution in [0.15, 0.2) is 60.7 Å². The minimum atomic E-state index is 0.470. The predicted octanol–water partition coefficient (Wildman–Crippen LogP) is 7.74. The van der Waals surface area contributed by atoms with Crippen LogP contribution in [-0.2, 0) is 19.4 Å². The summed E-state index contributed by atoms with van der Waals surface area (Å²) in [7, 11) is 0. The van der Waals surface area contributed by atoms with Crippen LogP contribution in [0.2, 0.25) is 5.02 Å². The Hall–Kier alpha value is -2.30. The van der Waals surface area contributed by atoms with Crippen LogP contribution < -0.4 is 5.32 Å². The second kappa shape index (κ2) is 11.7. The number of hydrogen-bond acceptors (Lipinski definition) is 1. The first kappa shape index (κ1) is 23.8. The fourth-order valence-electron chi connectivity index (χ4n) is 4.72. The SMILES string of the molecule is CCc1cccc(NC(=S)N(Cc2ccc(Cc3ccccc3Cl)[nH]2)C2CCCCCC2)c1. The summed E-state index contributed by atoms with van der Waals surface area (Å²) in [4.78, 5) is 6.03. The van der Waals surface area contributed by atoms with Crippen molar-refractivity contribution >= 4 is 34.6 Å². The van der Waals surface area contributed by atoms with Gasteiger partial charge in [0.25, 0.3) is 0 Å². The Bertz CT molecular complexity index is 1050. The summed E-state index contributed by atoms with van der Waals surface area (Å²) in [6.07, 6.45) is 9.42. The third-order valence-corrected chi connectivity index (χ3v) is 7.30. The van der Waals surface area contributed by atoms with Crippen molar-refractivity contribution in [3.8, 4) is 0 Å². The zero-order valence-electron chi connectivity index (χ0n) is 19.4. The maximum atomic E-state index is 6.37. The molecule has 0 radical (unpaired) electrons. The molecule has 0 bridgehead atoms. The van der Waals surface area contributed by atoms with Crippen LogP contribution in [0.3, 0.4) is 0 Å². The van der Waals surface area contributed by atoms with Gasteiger partial charge in [-0.2, -0.15) is 0 Å². The number of H-pyrrole nitrogens is 1. The standard InChI is InChI=1S/C28H34ClN3S/c1-2-21-10-9-12-23(18-21)31-28(33)32(26-13-5-3-4-6-14-26)20-25-17-16-24(30-25)19-22-11-7-8-15-27(22)29/h7-12,15-18,26,30H,2-6,13-14,19-20H2,1H3,(H,31,33). The minimum absolute atomic E-state index is 0.470. The number of aryl methyl sites for hydroxylation is 1. The second-order valence-electron chi connectivity index (χ2n) is 9.03. The zero-order valence-corrected chi connectivity index (χ0v) is 21.0. The number of nitrogens with one attached hydrogen (secondary N) is 2. The summed E-state index contributed by atoms with van der Waals surface area (Å²) in [6.45, 7) is 2.97. The number of benzene rings is 2. The summed E-state index contributed by atoms with van der Waals surface area (Å²) >= 11 is 12.3. The lowest BCUT2D eigenvalue weighted by molar-refractivity contribution is 0.278. The maximum absolute atomic E-state index is 6.37. The Labute approximate surface area is 208 Å². The molecular formula is C28H34ClN3S. The van der Waals surface area contributed by atoms with E-state index in [9.17, 15) is 0 Å². The number of aromatic amines is 1. The highest BCUT2D eigenvalue weighted by atomic mass is 35.5. The summed E-state index contributed by atoms with van der Waals surface area (Å²) in [5.41, 5.74) is 5.89. The van der Waals surface area contributed by atoms with Crippen molar-refractivity contribution in [2.45, 2.75) is 70.9 Å². The molecule has 174 valence electrons. The lowest BCUT2D eigenvalue weighted by atomic mass is 10.1. The Balaban J connectivity index is 1.50. The molecule has 0 amide bonds. The first-order chi connectivity index (χ1) is 16.1. The molecule has 4 rings (SSSR count). The average molecular weight is 480 g/mol. The van der Waals surface area contributed by atoms with Gasteiger partial charge in [0, 0.05) is 34.6 Å². The van der Waals surface area contributed by atoms with Gasteiger partial charge in [-0.15, -0.1) is 0 Å². The molecule has 0 aliphatic heterocycles. The summed E-state index contributed by atoms with van der Waals surface area (Å²) in [5, 5.41) is 5.17. The van der Waals surface area contributed by atoms with Crippen LogP contribution in [0.25, 0.3) is 0 Å². The van der Waals surface area contributed by atoms with Crippen LogP contribution in [0.4, 0.5) is 5.69 Å². The third-order valence-electron chi connectivity index (χ3n) is 6.60. The number of halogens is 1. The third kappa shape index (κ3) is 6.61. The van der Waals surface area contributed by atoms with E-state index < -0.39 is 0 Å². The molecular weight excluding hydrogens is 446 g/mol. The van der Waals surface area contributed by atoms with Crippen molar-refractivity contribution in [3.63, 3.8) is 0 Å². The number of rotatable bonds is 7. The molecule has 33 heavy (non-hydrogen) atoms. The Morgan fingerprint density at radius 1 is 1.00 bits per heavy atom. The van der Waals surface area contributed by atoms with E-state index in [0.29, 0.717) is 6.04 Å². The summed E-state index contributed by atoms with van der Waals surface area (Å²) in [6, 6.07) is 21.5. The smallest absolute Gasteiger partial charge is 0.174 e. The van der Waals surface area contributed by atoms with Gasteiger partial charge in [0.05, 0.1) is 6.54 Å². The van der Waals surface area contributed by atoms with Gasteiger partial charge in [0.15, 0.2) is 5.11 Å². The fraction of sp³-hybridized carbons (Fsp3) is 0.393. The molecule has 2 N–H and O–H groups in total. The van der Waals surface area contributed by atoms with E-state index in [1.54, 1.807) is 0 Å². The Morgan fingerprint density at radius 2 is 1.76 bits per heavy atom. The fourth-order valence-corrected chi connectivity index (χ4v) is 5.25. The van der Waals surface area contributed by atoms with E-state index in [1.165, 1.54) is 55.5 Å². The molecule has 1 heterocycles. The highest BCUT2D eigenvalue weighted by Crippen LogP contribution is 2.25. The van der Waals surface area contributed by atoms with Crippen LogP contribution >= 0.6 is 23.8 Å². The lowest BCUT2D eigenvalue weighted by Crippen LogP contribution is -2.42. The first-order valence-corrected chi connectivity index (χ1v) is 13.0. The molecule has 1 fully saturated rings. The monoisotopic (exact) mass is 479 g/mol. The van der Waals surface area contributed by atoms with Crippen molar-refractivity contribution in [2.75, 3.05) is 5.32 Å². The molecule has 1 aliphatic carbocycles. The van der Waals surface area contributed by atoms with Crippen LogP contribution in [0, 0.1) is 0 Å².